The van der Waals surface area contributed by atoms with E-state index in [2.05, 4.69) is 33.9 Å². The molecule has 0 spiro atoms. The molecule has 0 unspecified atom stereocenters. The van der Waals surface area contributed by atoms with E-state index in [9.17, 15) is 18.0 Å². The fourth-order valence-corrected chi connectivity index (χ4v) is 8.24. The quantitative estimate of drug-likeness (QED) is 0.127. The standard InChI is InChI=1S/C36H56O7SSi/c1-28(32(37)41-8)24-30-18-14-19-31(25-30)36(7,33(38)42-26-29-16-12-11-13-17-29)21-15-20-35(5,6)27-44(39,40)23-22-43-45(9,10)34(2,3)4/h11-14,16-19,25,28H,15,20-24,26-27H2,1-10H3/t28-,36-/m1/s1. The number of ether oxygens (including phenoxy) is 2. The summed E-state index contributed by atoms with van der Waals surface area (Å²) in [6.45, 7) is 18.7. The number of hydrogen-bond donors (Lipinski definition) is 0. The van der Waals surface area contributed by atoms with Gasteiger partial charge in [0.05, 0.1) is 29.9 Å². The van der Waals surface area contributed by atoms with Crippen molar-refractivity contribution >= 4 is 30.1 Å². The van der Waals surface area contributed by atoms with Crippen molar-refractivity contribution in [2.75, 3.05) is 25.2 Å². The van der Waals surface area contributed by atoms with Gasteiger partial charge >= 0.3 is 11.9 Å². The first-order chi connectivity index (χ1) is 20.7. The summed E-state index contributed by atoms with van der Waals surface area (Å²) in [6.07, 6.45) is 2.22. The fraction of sp³-hybridized carbons (Fsp3) is 0.611. The van der Waals surface area contributed by atoms with E-state index in [1.54, 1.807) is 0 Å². The van der Waals surface area contributed by atoms with Gasteiger partial charge in [-0.25, -0.2) is 8.42 Å². The number of sulfone groups is 1. The van der Waals surface area contributed by atoms with Crippen molar-refractivity contribution in [3.05, 3.63) is 71.3 Å². The van der Waals surface area contributed by atoms with Gasteiger partial charge in [-0.3, -0.25) is 9.59 Å². The summed E-state index contributed by atoms with van der Waals surface area (Å²) < 4.78 is 43.1. The van der Waals surface area contributed by atoms with Gasteiger partial charge in [-0.15, -0.1) is 0 Å². The van der Waals surface area contributed by atoms with E-state index < -0.39 is 29.0 Å². The van der Waals surface area contributed by atoms with Crippen LogP contribution in [-0.2, 0) is 51.8 Å². The van der Waals surface area contributed by atoms with Gasteiger partial charge in [-0.05, 0) is 66.4 Å². The maximum Gasteiger partial charge on any atom is 0.316 e. The van der Waals surface area contributed by atoms with Crippen molar-refractivity contribution in [1.29, 1.82) is 0 Å². The normalized spacial score (nSPS) is 14.8. The van der Waals surface area contributed by atoms with Crippen molar-refractivity contribution in [3.63, 3.8) is 0 Å². The lowest BCUT2D eigenvalue weighted by molar-refractivity contribution is -0.152. The maximum absolute atomic E-state index is 13.8. The molecular formula is C36H56O7SSi. The van der Waals surface area contributed by atoms with Crippen molar-refractivity contribution in [3.8, 4) is 0 Å². The van der Waals surface area contributed by atoms with Gasteiger partial charge in [0, 0.05) is 6.61 Å². The van der Waals surface area contributed by atoms with Crippen LogP contribution in [0, 0.1) is 11.3 Å². The number of hydrogen-bond acceptors (Lipinski definition) is 7. The molecule has 9 heteroatoms. The average Bonchev–Trinajstić information content (AvgIpc) is 2.94. The van der Waals surface area contributed by atoms with Crippen LogP contribution >= 0.6 is 0 Å². The second-order valence-electron chi connectivity index (χ2n) is 14.9. The molecule has 0 heterocycles. The summed E-state index contributed by atoms with van der Waals surface area (Å²) in [5.41, 5.74) is 1.19. The van der Waals surface area contributed by atoms with Crippen molar-refractivity contribution in [1.82, 2.24) is 0 Å². The van der Waals surface area contributed by atoms with Gasteiger partial charge in [0.25, 0.3) is 0 Å². The molecule has 252 valence electrons. The fourth-order valence-electron chi connectivity index (χ4n) is 5.23. The molecule has 2 aromatic rings. The lowest BCUT2D eigenvalue weighted by Gasteiger charge is -2.36. The molecule has 0 fully saturated rings. The summed E-state index contributed by atoms with van der Waals surface area (Å²) in [6, 6.07) is 17.3. The minimum atomic E-state index is -3.34. The molecule has 0 saturated carbocycles. The Balaban J connectivity index is 2.18. The van der Waals surface area contributed by atoms with Crippen molar-refractivity contribution in [2.45, 2.75) is 104 Å². The van der Waals surface area contributed by atoms with Crippen LogP contribution in [0.15, 0.2) is 54.6 Å². The number of methoxy groups -OCH3 is 1. The third-order valence-corrected chi connectivity index (χ3v) is 15.7. The third kappa shape index (κ3) is 12.0. The first-order valence-electron chi connectivity index (χ1n) is 15.9. The van der Waals surface area contributed by atoms with Gasteiger partial charge in [0.2, 0.25) is 0 Å². The molecule has 0 amide bonds. The molecule has 0 N–H and O–H groups in total. The summed E-state index contributed by atoms with van der Waals surface area (Å²) in [5, 5.41) is 0.0179. The van der Waals surface area contributed by atoms with Gasteiger partial charge < -0.3 is 13.9 Å². The molecule has 0 aromatic heterocycles. The zero-order chi connectivity index (χ0) is 34.1. The van der Waals surface area contributed by atoms with Gasteiger partial charge in [-0.2, -0.15) is 0 Å². The van der Waals surface area contributed by atoms with E-state index >= 15 is 0 Å². The lowest BCUT2D eigenvalue weighted by atomic mass is 9.75. The first kappa shape index (κ1) is 38.7. The Morgan fingerprint density at radius 2 is 1.51 bits per heavy atom. The molecule has 2 aromatic carbocycles. The summed E-state index contributed by atoms with van der Waals surface area (Å²) in [5.74, 6) is -0.885. The zero-order valence-electron chi connectivity index (χ0n) is 29.2. The molecule has 0 aliphatic heterocycles. The summed E-state index contributed by atoms with van der Waals surface area (Å²) in [4.78, 5) is 25.8. The van der Waals surface area contributed by atoms with E-state index in [1.165, 1.54) is 7.11 Å². The first-order valence-corrected chi connectivity index (χ1v) is 20.7. The molecule has 45 heavy (non-hydrogen) atoms. The molecule has 0 aliphatic rings. The number of esters is 2. The average molecular weight is 661 g/mol. The molecular weight excluding hydrogens is 605 g/mol. The molecule has 0 bridgehead atoms. The van der Waals surface area contributed by atoms with Crippen LogP contribution < -0.4 is 0 Å². The van der Waals surface area contributed by atoms with Crippen LogP contribution in [0.3, 0.4) is 0 Å². The molecule has 7 nitrogen and oxygen atoms in total. The highest BCUT2D eigenvalue weighted by Gasteiger charge is 2.39. The smallest absolute Gasteiger partial charge is 0.316 e. The molecule has 0 radical (unpaired) electrons. The van der Waals surface area contributed by atoms with Crippen molar-refractivity contribution in [2.24, 2.45) is 11.3 Å². The number of benzene rings is 2. The topological polar surface area (TPSA) is 96.0 Å². The largest absolute Gasteiger partial charge is 0.469 e. The van der Waals surface area contributed by atoms with Crippen LogP contribution in [0.2, 0.25) is 18.1 Å². The van der Waals surface area contributed by atoms with Crippen LogP contribution in [-0.4, -0.2) is 53.9 Å². The highest BCUT2D eigenvalue weighted by atomic mass is 32.2. The van der Waals surface area contributed by atoms with E-state index in [-0.39, 0.29) is 47.6 Å². The van der Waals surface area contributed by atoms with Crippen LogP contribution in [0.5, 0.6) is 0 Å². The van der Waals surface area contributed by atoms with Gasteiger partial charge in [-0.1, -0.05) is 103 Å². The Kier molecular flexibility index (Phi) is 13.6. The Morgan fingerprint density at radius 3 is 2.11 bits per heavy atom. The number of rotatable bonds is 17. The molecule has 2 rings (SSSR count). The van der Waals surface area contributed by atoms with E-state index in [4.69, 9.17) is 13.9 Å². The summed E-state index contributed by atoms with van der Waals surface area (Å²) >= 11 is 0. The maximum atomic E-state index is 13.8. The minimum absolute atomic E-state index is 0.00323. The Hall–Kier alpha value is -2.49. The van der Waals surface area contributed by atoms with E-state index in [0.717, 1.165) is 16.7 Å². The zero-order valence-corrected chi connectivity index (χ0v) is 31.0. The second kappa shape index (κ2) is 15.9. The highest BCUT2D eigenvalue weighted by Crippen LogP contribution is 2.37. The van der Waals surface area contributed by atoms with Crippen LogP contribution in [0.25, 0.3) is 0 Å². The molecule has 0 saturated heterocycles. The predicted octanol–water partition coefficient (Wildman–Crippen LogP) is 7.67. The Bertz CT molecular complexity index is 1360. The van der Waals surface area contributed by atoms with Crippen LogP contribution in [0.4, 0.5) is 0 Å². The molecule has 0 aliphatic carbocycles. The Labute approximate surface area is 273 Å². The van der Waals surface area contributed by atoms with Gasteiger partial charge in [0.15, 0.2) is 18.2 Å². The van der Waals surface area contributed by atoms with Crippen LogP contribution in [0.1, 0.15) is 84.4 Å². The van der Waals surface area contributed by atoms with E-state index in [1.807, 2.05) is 82.3 Å². The SMILES string of the molecule is COC(=O)[C@H](C)Cc1cccc([C@@](C)(CCCC(C)(C)CS(=O)(=O)CCO[Si](C)(C)C(C)(C)C)C(=O)OCc2ccccc2)c1. The monoisotopic (exact) mass is 660 g/mol. The third-order valence-electron chi connectivity index (χ3n) is 9.18. The Morgan fingerprint density at radius 1 is 0.889 bits per heavy atom. The molecule has 2 atom stereocenters. The minimum Gasteiger partial charge on any atom is -0.469 e. The summed E-state index contributed by atoms with van der Waals surface area (Å²) in [7, 11) is -3.99. The van der Waals surface area contributed by atoms with E-state index in [0.29, 0.717) is 25.7 Å². The lowest BCUT2D eigenvalue weighted by Crippen LogP contribution is -2.42. The van der Waals surface area contributed by atoms with Gasteiger partial charge in [0.1, 0.15) is 6.61 Å². The highest BCUT2D eigenvalue weighted by molar-refractivity contribution is 7.91. The predicted molar refractivity (Wildman–Crippen MR) is 184 cm³/mol. The second-order valence-corrected chi connectivity index (χ2v) is 21.9. The number of carbonyl (C=O) groups is 2. The van der Waals surface area contributed by atoms with Crippen molar-refractivity contribution < 1.29 is 31.9 Å². The number of carbonyl (C=O) groups excluding carboxylic acids is 2.